The molecule has 6 N–H and O–H groups in total. The van der Waals surface area contributed by atoms with Crippen LogP contribution in [0.3, 0.4) is 0 Å². The van der Waals surface area contributed by atoms with Gasteiger partial charge in [0.05, 0.1) is 11.4 Å². The molecule has 0 spiro atoms. The highest BCUT2D eigenvalue weighted by Crippen LogP contribution is 2.30. The number of allylic oxidation sites excluding steroid dienone is 5. The van der Waals surface area contributed by atoms with E-state index in [2.05, 4.69) is 4.33 Å². The fourth-order valence-electron chi connectivity index (χ4n) is 2.45. The third kappa shape index (κ3) is 6.01. The number of hydrogen-bond donors (Lipinski definition) is 3. The summed E-state index contributed by atoms with van der Waals surface area (Å²) < 4.78 is 20.1. The predicted molar refractivity (Wildman–Crippen MR) is 103 cm³/mol. The average molecular weight is 384 g/mol. The van der Waals surface area contributed by atoms with Gasteiger partial charge in [0.15, 0.2) is 5.71 Å². The van der Waals surface area contributed by atoms with Crippen molar-refractivity contribution in [1.82, 2.24) is 0 Å². The Hall–Kier alpha value is -3.04. The SMILES string of the molecule is Nc1ccc(C(=C2C=CC(=[NH2+])C=C2)c2ccc(N)cc2)cc1.O=S([O-])O[O-]. The summed E-state index contributed by atoms with van der Waals surface area (Å²) in [5.41, 5.74) is 18.3. The second kappa shape index (κ2) is 9.60. The lowest BCUT2D eigenvalue weighted by Crippen LogP contribution is -2.37. The highest BCUT2D eigenvalue weighted by atomic mass is 32.2. The maximum atomic E-state index is 8.83. The molecule has 27 heavy (non-hydrogen) atoms. The molecule has 2 aromatic carbocycles. The summed E-state index contributed by atoms with van der Waals surface area (Å²) in [6.45, 7) is 0. The van der Waals surface area contributed by atoms with Crippen molar-refractivity contribution in [2.75, 3.05) is 11.5 Å². The molecule has 0 bridgehead atoms. The first kappa shape index (κ1) is 20.3. The zero-order chi connectivity index (χ0) is 19.8. The summed E-state index contributed by atoms with van der Waals surface area (Å²) in [5.74, 6) is 0. The highest BCUT2D eigenvalue weighted by molar-refractivity contribution is 7.73. The molecule has 2 aromatic rings. The Morgan fingerprint density at radius 2 is 1.22 bits per heavy atom. The molecule has 0 aromatic heterocycles. The Kier molecular flexibility index (Phi) is 7.21. The minimum atomic E-state index is -2.88. The van der Waals surface area contributed by atoms with Crippen molar-refractivity contribution in [2.24, 2.45) is 0 Å². The van der Waals surface area contributed by atoms with E-state index in [9.17, 15) is 0 Å². The minimum absolute atomic E-state index is 0.748. The van der Waals surface area contributed by atoms with E-state index in [0.29, 0.717) is 0 Å². The molecule has 1 atom stereocenters. The molecule has 0 saturated heterocycles. The molecular formula is C19H18N3O4S-. The Morgan fingerprint density at radius 3 is 1.56 bits per heavy atom. The van der Waals surface area contributed by atoms with Gasteiger partial charge in [-0.15, -0.1) is 0 Å². The van der Waals surface area contributed by atoms with E-state index in [-0.39, 0.29) is 0 Å². The molecule has 1 aliphatic rings. The second-order valence-corrected chi connectivity index (χ2v) is 6.06. The van der Waals surface area contributed by atoms with Crippen molar-refractivity contribution < 1.29 is 23.8 Å². The summed E-state index contributed by atoms with van der Waals surface area (Å²) in [6.07, 6.45) is 7.86. The summed E-state index contributed by atoms with van der Waals surface area (Å²) >= 11 is -2.88. The Bertz CT molecular complexity index is 851. The fourth-order valence-corrected chi connectivity index (χ4v) is 2.45. The molecule has 0 radical (unpaired) electrons. The lowest BCUT2D eigenvalue weighted by atomic mass is 9.90. The molecule has 0 heterocycles. The zero-order valence-corrected chi connectivity index (χ0v) is 15.0. The zero-order valence-electron chi connectivity index (χ0n) is 14.2. The summed E-state index contributed by atoms with van der Waals surface area (Å²) in [7, 11) is 0. The maximum Gasteiger partial charge on any atom is 0.196 e. The van der Waals surface area contributed by atoms with Crippen molar-refractivity contribution in [1.29, 1.82) is 0 Å². The first-order valence-electron chi connectivity index (χ1n) is 7.75. The molecule has 0 aliphatic heterocycles. The van der Waals surface area contributed by atoms with E-state index in [1.54, 1.807) is 0 Å². The van der Waals surface area contributed by atoms with Crippen LogP contribution >= 0.6 is 0 Å². The standard InChI is InChI=1S/C19H17N3.H2O4S/c20-16-7-1-13(2-8-16)19(14-3-9-17(21)10-4-14)15-5-11-18(22)12-6-15;1-4-5(2)3/h1-12,20H,21-22H2;1H,(H,2,3)/p-1. The largest absolute Gasteiger partial charge is 0.750 e. The molecule has 1 unspecified atom stereocenters. The molecule has 8 heteroatoms. The maximum absolute atomic E-state index is 8.83. The number of nitrogen functional groups attached to an aromatic ring is 2. The third-order valence-corrected chi connectivity index (χ3v) is 3.76. The van der Waals surface area contributed by atoms with Crippen LogP contribution in [0.4, 0.5) is 11.4 Å². The van der Waals surface area contributed by atoms with Gasteiger partial charge in [0.2, 0.25) is 0 Å². The van der Waals surface area contributed by atoms with Gasteiger partial charge in [-0.05, 0) is 58.7 Å². The van der Waals surface area contributed by atoms with Crippen molar-refractivity contribution in [2.45, 2.75) is 0 Å². The molecular weight excluding hydrogens is 366 g/mol. The van der Waals surface area contributed by atoms with E-state index in [1.807, 2.05) is 72.8 Å². The van der Waals surface area contributed by atoms with Crippen LogP contribution in [0.25, 0.3) is 5.57 Å². The van der Waals surface area contributed by atoms with Gasteiger partial charge < -0.3 is 25.6 Å². The molecule has 3 rings (SSSR count). The predicted octanol–water partition coefficient (Wildman–Crippen LogP) is 0.0514. The average Bonchev–Trinajstić information content (AvgIpc) is 2.67. The molecule has 1 aliphatic carbocycles. The number of anilines is 2. The Labute approximate surface area is 159 Å². The van der Waals surface area contributed by atoms with Crippen LogP contribution in [-0.4, -0.2) is 14.5 Å². The third-order valence-electron chi connectivity index (χ3n) is 3.65. The van der Waals surface area contributed by atoms with Crippen molar-refractivity contribution in [3.63, 3.8) is 0 Å². The van der Waals surface area contributed by atoms with E-state index in [4.69, 9.17) is 30.9 Å². The van der Waals surface area contributed by atoms with E-state index < -0.39 is 11.4 Å². The molecule has 0 fully saturated rings. The monoisotopic (exact) mass is 384 g/mol. The Balaban J connectivity index is 0.000000465. The van der Waals surface area contributed by atoms with E-state index >= 15 is 0 Å². The van der Waals surface area contributed by atoms with Crippen molar-refractivity contribution in [3.8, 4) is 0 Å². The summed E-state index contributed by atoms with van der Waals surface area (Å²) in [4.78, 5) is 0. The lowest BCUT2D eigenvalue weighted by Gasteiger charge is -2.13. The van der Waals surface area contributed by atoms with Crippen LogP contribution in [0.2, 0.25) is 0 Å². The summed E-state index contributed by atoms with van der Waals surface area (Å²) in [5, 5.41) is 14.3. The highest BCUT2D eigenvalue weighted by Gasteiger charge is 2.11. The van der Waals surface area contributed by atoms with Gasteiger partial charge in [0, 0.05) is 23.5 Å². The number of benzene rings is 2. The van der Waals surface area contributed by atoms with Crippen LogP contribution in [0.1, 0.15) is 11.1 Å². The van der Waals surface area contributed by atoms with Gasteiger partial charge in [0.1, 0.15) is 0 Å². The molecule has 140 valence electrons. The van der Waals surface area contributed by atoms with Gasteiger partial charge in [-0.3, -0.25) is 5.41 Å². The van der Waals surface area contributed by atoms with Crippen LogP contribution in [-0.2, 0) is 15.7 Å². The molecule has 0 amide bonds. The minimum Gasteiger partial charge on any atom is -0.750 e. The van der Waals surface area contributed by atoms with Crippen LogP contribution in [0, 0.1) is 0 Å². The van der Waals surface area contributed by atoms with Gasteiger partial charge in [-0.25, -0.2) is 4.21 Å². The van der Waals surface area contributed by atoms with E-state index in [0.717, 1.165) is 39.4 Å². The number of hydrogen-bond acceptors (Lipinski definition) is 6. The second-order valence-electron chi connectivity index (χ2n) is 5.51. The first-order chi connectivity index (χ1) is 12.9. The van der Waals surface area contributed by atoms with Gasteiger partial charge in [-0.1, -0.05) is 24.3 Å². The smallest absolute Gasteiger partial charge is 0.196 e. The lowest BCUT2D eigenvalue weighted by molar-refractivity contribution is -0.635. The van der Waals surface area contributed by atoms with Crippen molar-refractivity contribution >= 4 is 34.0 Å². The van der Waals surface area contributed by atoms with Crippen LogP contribution in [0.15, 0.2) is 78.4 Å². The quantitative estimate of drug-likeness (QED) is 0.294. The van der Waals surface area contributed by atoms with Crippen LogP contribution < -0.4 is 22.1 Å². The topological polar surface area (TPSA) is 150 Å². The molecule has 7 nitrogen and oxygen atoms in total. The molecule has 0 saturated carbocycles. The fraction of sp³-hybridized carbons (Fsp3) is 0. The number of nitrogens with two attached hydrogens (primary N) is 3. The number of rotatable bonds is 3. The van der Waals surface area contributed by atoms with Gasteiger partial charge in [-0.2, -0.15) is 0 Å². The van der Waals surface area contributed by atoms with Crippen LogP contribution in [0.5, 0.6) is 0 Å². The van der Waals surface area contributed by atoms with E-state index in [1.165, 1.54) is 0 Å². The Morgan fingerprint density at radius 1 is 0.852 bits per heavy atom. The first-order valence-corrected chi connectivity index (χ1v) is 8.75. The van der Waals surface area contributed by atoms with Gasteiger partial charge >= 0.3 is 0 Å². The van der Waals surface area contributed by atoms with Crippen molar-refractivity contribution in [3.05, 3.63) is 89.5 Å². The normalized spacial score (nSPS) is 13.7. The van der Waals surface area contributed by atoms with Gasteiger partial charge in [0.25, 0.3) is 0 Å². The summed E-state index contributed by atoms with van der Waals surface area (Å²) in [6, 6.07) is 15.7.